The summed E-state index contributed by atoms with van der Waals surface area (Å²) in [7, 11) is 0. The van der Waals surface area contributed by atoms with E-state index in [0.29, 0.717) is 17.4 Å². The molecule has 1 rings (SSSR count). The van der Waals surface area contributed by atoms with Crippen LogP contribution in [0.2, 0.25) is 5.02 Å². The fraction of sp³-hybridized carbons (Fsp3) is 0.400. The molecule has 1 atom stereocenters. The molecular formula is C10H15Cl2NO. The summed E-state index contributed by atoms with van der Waals surface area (Å²) < 4.78 is 5.30. The van der Waals surface area contributed by atoms with E-state index in [1.165, 1.54) is 0 Å². The molecule has 80 valence electrons. The smallest absolute Gasteiger partial charge is 0.137 e. The van der Waals surface area contributed by atoms with E-state index >= 15 is 0 Å². The summed E-state index contributed by atoms with van der Waals surface area (Å²) in [6.45, 7) is 4.47. The van der Waals surface area contributed by atoms with Gasteiger partial charge in [0.2, 0.25) is 0 Å². The molecule has 1 aromatic rings. The second kappa shape index (κ2) is 6.12. The molecule has 0 aliphatic carbocycles. The van der Waals surface area contributed by atoms with Crippen molar-refractivity contribution < 1.29 is 4.74 Å². The van der Waals surface area contributed by atoms with Crippen LogP contribution in [0.25, 0.3) is 0 Å². The lowest BCUT2D eigenvalue weighted by molar-refractivity contribution is 0.340. The average molecular weight is 236 g/mol. The standard InChI is InChI=1S/C10H14ClNO.ClH/c1-3-13-10-5-4-8(7(2)12)6-9(10)11;/h4-7H,3,12H2,1-2H3;1H/t7-;/m1./s1. The van der Waals surface area contributed by atoms with Gasteiger partial charge < -0.3 is 10.5 Å². The van der Waals surface area contributed by atoms with Gasteiger partial charge in [-0.3, -0.25) is 0 Å². The second-order valence-electron chi connectivity index (χ2n) is 2.91. The van der Waals surface area contributed by atoms with Crippen molar-refractivity contribution in [3.05, 3.63) is 28.8 Å². The second-order valence-corrected chi connectivity index (χ2v) is 3.32. The number of rotatable bonds is 3. The molecule has 0 saturated carbocycles. The predicted molar refractivity (Wildman–Crippen MR) is 62.5 cm³/mol. The molecule has 0 bridgehead atoms. The van der Waals surface area contributed by atoms with Crippen LogP contribution in [0, 0.1) is 0 Å². The van der Waals surface area contributed by atoms with E-state index in [-0.39, 0.29) is 18.4 Å². The Labute approximate surface area is 95.8 Å². The van der Waals surface area contributed by atoms with Gasteiger partial charge in [0.25, 0.3) is 0 Å². The number of ether oxygens (including phenoxy) is 1. The number of hydrogen-bond acceptors (Lipinski definition) is 2. The van der Waals surface area contributed by atoms with Crippen molar-refractivity contribution in [3.8, 4) is 5.75 Å². The van der Waals surface area contributed by atoms with Gasteiger partial charge in [0, 0.05) is 6.04 Å². The quantitative estimate of drug-likeness (QED) is 0.874. The lowest BCUT2D eigenvalue weighted by atomic mass is 10.1. The third-order valence-electron chi connectivity index (χ3n) is 1.78. The molecule has 0 heterocycles. The van der Waals surface area contributed by atoms with E-state index in [0.717, 1.165) is 5.56 Å². The molecular weight excluding hydrogens is 221 g/mol. The van der Waals surface area contributed by atoms with Gasteiger partial charge in [0.1, 0.15) is 5.75 Å². The van der Waals surface area contributed by atoms with Gasteiger partial charge in [-0.05, 0) is 31.5 Å². The molecule has 14 heavy (non-hydrogen) atoms. The van der Waals surface area contributed by atoms with Crippen molar-refractivity contribution in [1.82, 2.24) is 0 Å². The van der Waals surface area contributed by atoms with Crippen LogP contribution in [-0.4, -0.2) is 6.61 Å². The monoisotopic (exact) mass is 235 g/mol. The maximum absolute atomic E-state index is 5.97. The van der Waals surface area contributed by atoms with E-state index in [9.17, 15) is 0 Å². The van der Waals surface area contributed by atoms with Crippen LogP contribution >= 0.6 is 24.0 Å². The summed E-state index contributed by atoms with van der Waals surface area (Å²) in [4.78, 5) is 0. The summed E-state index contributed by atoms with van der Waals surface area (Å²) in [6, 6.07) is 5.64. The SMILES string of the molecule is CCOc1ccc([C@@H](C)N)cc1Cl.Cl. The summed E-state index contributed by atoms with van der Waals surface area (Å²) in [6.07, 6.45) is 0. The topological polar surface area (TPSA) is 35.2 Å². The van der Waals surface area contributed by atoms with Crippen molar-refractivity contribution >= 4 is 24.0 Å². The molecule has 0 fully saturated rings. The third-order valence-corrected chi connectivity index (χ3v) is 2.08. The molecule has 4 heteroatoms. The first-order valence-electron chi connectivity index (χ1n) is 4.33. The summed E-state index contributed by atoms with van der Waals surface area (Å²) in [5.74, 6) is 0.716. The zero-order valence-electron chi connectivity index (χ0n) is 8.29. The maximum atomic E-state index is 5.97. The highest BCUT2D eigenvalue weighted by Gasteiger charge is 2.04. The Morgan fingerprint density at radius 2 is 2.14 bits per heavy atom. The molecule has 0 spiro atoms. The summed E-state index contributed by atoms with van der Waals surface area (Å²) in [5.41, 5.74) is 6.73. The highest BCUT2D eigenvalue weighted by Crippen LogP contribution is 2.27. The third kappa shape index (κ3) is 3.37. The Morgan fingerprint density at radius 1 is 1.50 bits per heavy atom. The van der Waals surface area contributed by atoms with Crippen molar-refractivity contribution in [2.45, 2.75) is 19.9 Å². The van der Waals surface area contributed by atoms with Crippen LogP contribution in [0.15, 0.2) is 18.2 Å². The first kappa shape index (κ1) is 13.6. The minimum absolute atomic E-state index is 0. The molecule has 1 aromatic carbocycles. The minimum Gasteiger partial charge on any atom is -0.492 e. The normalized spacial score (nSPS) is 11.7. The predicted octanol–water partition coefficient (Wildman–Crippen LogP) is 3.18. The highest BCUT2D eigenvalue weighted by atomic mass is 35.5. The van der Waals surface area contributed by atoms with Gasteiger partial charge in [-0.25, -0.2) is 0 Å². The van der Waals surface area contributed by atoms with Gasteiger partial charge >= 0.3 is 0 Å². The fourth-order valence-electron chi connectivity index (χ4n) is 1.07. The Hall–Kier alpha value is -0.440. The molecule has 0 aliphatic heterocycles. The molecule has 2 N–H and O–H groups in total. The minimum atomic E-state index is 0. The number of nitrogens with two attached hydrogens (primary N) is 1. The molecule has 0 aromatic heterocycles. The van der Waals surface area contributed by atoms with Gasteiger partial charge in [-0.2, -0.15) is 0 Å². The van der Waals surface area contributed by atoms with Gasteiger partial charge in [0.15, 0.2) is 0 Å². The van der Waals surface area contributed by atoms with Crippen LogP contribution in [0.3, 0.4) is 0 Å². The lowest BCUT2D eigenvalue weighted by Gasteiger charge is -2.09. The molecule has 0 saturated heterocycles. The fourth-order valence-corrected chi connectivity index (χ4v) is 1.32. The molecule has 2 nitrogen and oxygen atoms in total. The van der Waals surface area contributed by atoms with Gasteiger partial charge in [0.05, 0.1) is 11.6 Å². The highest BCUT2D eigenvalue weighted by molar-refractivity contribution is 6.32. The van der Waals surface area contributed by atoms with E-state index in [4.69, 9.17) is 22.1 Å². The van der Waals surface area contributed by atoms with E-state index in [1.54, 1.807) is 0 Å². The first-order valence-corrected chi connectivity index (χ1v) is 4.70. The summed E-state index contributed by atoms with van der Waals surface area (Å²) >= 11 is 5.97. The molecule has 0 radical (unpaired) electrons. The number of hydrogen-bond donors (Lipinski definition) is 1. The maximum Gasteiger partial charge on any atom is 0.137 e. The zero-order chi connectivity index (χ0) is 9.84. The Morgan fingerprint density at radius 3 is 2.57 bits per heavy atom. The number of benzene rings is 1. The van der Waals surface area contributed by atoms with Crippen molar-refractivity contribution in [3.63, 3.8) is 0 Å². The Bertz CT molecular complexity index is 289. The van der Waals surface area contributed by atoms with Crippen LogP contribution in [0.5, 0.6) is 5.75 Å². The van der Waals surface area contributed by atoms with E-state index in [1.807, 2.05) is 32.0 Å². The van der Waals surface area contributed by atoms with Gasteiger partial charge in [-0.1, -0.05) is 17.7 Å². The van der Waals surface area contributed by atoms with Crippen LogP contribution in [-0.2, 0) is 0 Å². The zero-order valence-corrected chi connectivity index (χ0v) is 9.86. The van der Waals surface area contributed by atoms with Crippen molar-refractivity contribution in [2.24, 2.45) is 5.73 Å². The number of halogens is 2. The summed E-state index contributed by atoms with van der Waals surface area (Å²) in [5, 5.41) is 0.622. The molecule has 0 unspecified atom stereocenters. The van der Waals surface area contributed by atoms with E-state index < -0.39 is 0 Å². The molecule has 0 aliphatic rings. The van der Waals surface area contributed by atoms with Crippen LogP contribution < -0.4 is 10.5 Å². The van der Waals surface area contributed by atoms with Gasteiger partial charge in [-0.15, -0.1) is 12.4 Å². The Balaban J connectivity index is 0.00000169. The van der Waals surface area contributed by atoms with Crippen molar-refractivity contribution in [2.75, 3.05) is 6.61 Å². The molecule has 0 amide bonds. The van der Waals surface area contributed by atoms with E-state index in [2.05, 4.69) is 0 Å². The Kier molecular flexibility index (Phi) is 5.93. The largest absolute Gasteiger partial charge is 0.492 e. The first-order chi connectivity index (χ1) is 6.15. The lowest BCUT2D eigenvalue weighted by Crippen LogP contribution is -2.04. The average Bonchev–Trinajstić information content (AvgIpc) is 2.08. The van der Waals surface area contributed by atoms with Crippen LogP contribution in [0.1, 0.15) is 25.5 Å². The van der Waals surface area contributed by atoms with Crippen LogP contribution in [0.4, 0.5) is 0 Å². The van der Waals surface area contributed by atoms with Crippen molar-refractivity contribution in [1.29, 1.82) is 0 Å².